The lowest BCUT2D eigenvalue weighted by Crippen LogP contribution is -2.13. The van der Waals surface area contributed by atoms with Crippen LogP contribution in [-0.4, -0.2) is 31.9 Å². The van der Waals surface area contributed by atoms with Crippen molar-refractivity contribution in [3.8, 4) is 11.4 Å². The lowest BCUT2D eigenvalue weighted by atomic mass is 10.1. The molecule has 1 aliphatic rings. The Morgan fingerprint density at radius 3 is 2.92 bits per heavy atom. The first-order valence-electron chi connectivity index (χ1n) is 7.70. The van der Waals surface area contributed by atoms with Gasteiger partial charge < -0.3 is 9.47 Å². The van der Waals surface area contributed by atoms with E-state index in [0.29, 0.717) is 27.8 Å². The minimum Gasteiger partial charge on any atom is -0.467 e. The molecular formula is C16H13N5O4S. The van der Waals surface area contributed by atoms with Crippen molar-refractivity contribution >= 4 is 17.4 Å². The van der Waals surface area contributed by atoms with Crippen LogP contribution in [0.25, 0.3) is 5.69 Å². The zero-order valence-corrected chi connectivity index (χ0v) is 14.3. The molecule has 0 spiro atoms. The molecule has 10 heteroatoms. The van der Waals surface area contributed by atoms with E-state index in [-0.39, 0.29) is 19.1 Å². The first kappa shape index (κ1) is 16.5. The molecule has 0 bridgehead atoms. The van der Waals surface area contributed by atoms with Crippen LogP contribution in [0.1, 0.15) is 11.1 Å². The van der Waals surface area contributed by atoms with Crippen molar-refractivity contribution in [3.63, 3.8) is 0 Å². The Morgan fingerprint density at radius 1 is 1.27 bits per heavy atom. The number of hydrogen-bond acceptors (Lipinski definition) is 8. The minimum absolute atomic E-state index is 0.0103. The molecule has 26 heavy (non-hydrogen) atoms. The molecule has 0 saturated heterocycles. The summed E-state index contributed by atoms with van der Waals surface area (Å²) in [7, 11) is 0. The van der Waals surface area contributed by atoms with E-state index in [9.17, 15) is 10.1 Å². The molecule has 0 N–H and O–H groups in total. The van der Waals surface area contributed by atoms with Crippen LogP contribution in [0.5, 0.6) is 5.75 Å². The van der Waals surface area contributed by atoms with Crippen molar-refractivity contribution in [2.24, 2.45) is 0 Å². The highest BCUT2D eigenvalue weighted by molar-refractivity contribution is 7.98. The molecule has 2 heterocycles. The van der Waals surface area contributed by atoms with Crippen LogP contribution in [-0.2, 0) is 17.1 Å². The van der Waals surface area contributed by atoms with Gasteiger partial charge in [-0.25, -0.2) is 0 Å². The van der Waals surface area contributed by atoms with Gasteiger partial charge in [0, 0.05) is 29.0 Å². The number of nitro groups is 1. The van der Waals surface area contributed by atoms with Gasteiger partial charge >= 0.3 is 0 Å². The summed E-state index contributed by atoms with van der Waals surface area (Å²) in [5.74, 6) is 1.06. The van der Waals surface area contributed by atoms with Gasteiger partial charge in [-0.05, 0) is 22.6 Å². The number of nitro benzene ring substituents is 1. The maximum atomic E-state index is 11.2. The van der Waals surface area contributed by atoms with E-state index in [2.05, 4.69) is 15.5 Å². The average Bonchev–Trinajstić information content (AvgIpc) is 3.15. The zero-order chi connectivity index (χ0) is 17.9. The molecule has 3 aromatic rings. The molecule has 0 fully saturated rings. The number of thioether (sulfide) groups is 1. The third kappa shape index (κ3) is 3.24. The van der Waals surface area contributed by atoms with Crippen LogP contribution in [0.3, 0.4) is 0 Å². The third-order valence-corrected chi connectivity index (χ3v) is 4.75. The minimum atomic E-state index is -0.420. The average molecular weight is 371 g/mol. The number of fused-ring (bicyclic) bond motifs is 1. The van der Waals surface area contributed by atoms with Gasteiger partial charge in [-0.15, -0.1) is 5.10 Å². The quantitative estimate of drug-likeness (QED) is 0.383. The van der Waals surface area contributed by atoms with Gasteiger partial charge in [-0.1, -0.05) is 30.0 Å². The fourth-order valence-corrected chi connectivity index (χ4v) is 3.49. The predicted molar refractivity (Wildman–Crippen MR) is 92.1 cm³/mol. The van der Waals surface area contributed by atoms with E-state index in [4.69, 9.17) is 9.47 Å². The fourth-order valence-electron chi connectivity index (χ4n) is 2.64. The van der Waals surface area contributed by atoms with E-state index in [1.165, 1.54) is 23.9 Å². The highest BCUT2D eigenvalue weighted by atomic mass is 32.2. The Hall–Kier alpha value is -2.98. The molecule has 0 atom stereocenters. The van der Waals surface area contributed by atoms with E-state index >= 15 is 0 Å². The number of aromatic nitrogens is 4. The first-order chi connectivity index (χ1) is 12.7. The molecular weight excluding hydrogens is 358 g/mol. The molecule has 0 amide bonds. The van der Waals surface area contributed by atoms with Crippen LogP contribution in [0.2, 0.25) is 0 Å². The fraction of sp³-hybridized carbons (Fsp3) is 0.188. The summed E-state index contributed by atoms with van der Waals surface area (Å²) in [6, 6.07) is 12.5. The van der Waals surface area contributed by atoms with Crippen molar-refractivity contribution in [1.29, 1.82) is 0 Å². The van der Waals surface area contributed by atoms with Gasteiger partial charge in [-0.2, -0.15) is 4.68 Å². The van der Waals surface area contributed by atoms with Crippen LogP contribution >= 0.6 is 11.8 Å². The third-order valence-electron chi connectivity index (χ3n) is 3.78. The smallest absolute Gasteiger partial charge is 0.270 e. The van der Waals surface area contributed by atoms with E-state index in [0.717, 1.165) is 5.69 Å². The molecule has 0 saturated carbocycles. The van der Waals surface area contributed by atoms with E-state index in [1.54, 1.807) is 4.68 Å². The predicted octanol–water partition coefficient (Wildman–Crippen LogP) is 2.73. The number of para-hydroxylation sites is 1. The second-order valence-electron chi connectivity index (χ2n) is 5.46. The monoisotopic (exact) mass is 371 g/mol. The van der Waals surface area contributed by atoms with E-state index < -0.39 is 4.92 Å². The molecule has 0 radical (unpaired) electrons. The number of hydrogen-bond donors (Lipinski definition) is 0. The highest BCUT2D eigenvalue weighted by Gasteiger charge is 2.21. The van der Waals surface area contributed by atoms with Crippen molar-refractivity contribution in [3.05, 3.63) is 63.7 Å². The Balaban J connectivity index is 1.62. The maximum absolute atomic E-state index is 11.2. The first-order valence-corrected chi connectivity index (χ1v) is 8.68. The van der Waals surface area contributed by atoms with Crippen molar-refractivity contribution in [2.75, 3.05) is 6.79 Å². The van der Waals surface area contributed by atoms with Crippen molar-refractivity contribution in [1.82, 2.24) is 20.2 Å². The largest absolute Gasteiger partial charge is 0.467 e. The van der Waals surface area contributed by atoms with Crippen LogP contribution in [0.4, 0.5) is 5.69 Å². The molecule has 1 aliphatic heterocycles. The summed E-state index contributed by atoms with van der Waals surface area (Å²) in [4.78, 5) is 10.8. The highest BCUT2D eigenvalue weighted by Crippen LogP contribution is 2.36. The van der Waals surface area contributed by atoms with Gasteiger partial charge in [0.1, 0.15) is 5.75 Å². The lowest BCUT2D eigenvalue weighted by Gasteiger charge is -2.20. The molecule has 1 aromatic heterocycles. The lowest BCUT2D eigenvalue weighted by molar-refractivity contribution is -0.385. The summed E-state index contributed by atoms with van der Waals surface area (Å²) in [5.41, 5.74) is 2.23. The van der Waals surface area contributed by atoms with Crippen LogP contribution in [0.15, 0.2) is 47.6 Å². The number of benzene rings is 2. The Labute approximate surface area is 152 Å². The zero-order valence-electron chi connectivity index (χ0n) is 13.4. The van der Waals surface area contributed by atoms with Gasteiger partial charge in [-0.3, -0.25) is 10.1 Å². The number of non-ortho nitro benzene ring substituents is 1. The normalized spacial score (nSPS) is 13.1. The number of ether oxygens (including phenoxy) is 2. The number of tetrazole rings is 1. The molecule has 4 rings (SSSR count). The molecule has 0 aliphatic carbocycles. The second kappa shape index (κ2) is 7.10. The molecule has 2 aromatic carbocycles. The number of nitrogens with zero attached hydrogens (tertiary/aromatic N) is 5. The summed E-state index contributed by atoms with van der Waals surface area (Å²) in [5, 5.41) is 23.6. The maximum Gasteiger partial charge on any atom is 0.270 e. The standard InChI is InChI=1S/C16H13N5O4S/c22-21(23)14-6-11-8-24-10-25-15(11)12(7-14)9-26-16-17-18-19-20(16)13-4-2-1-3-5-13/h1-7H,8-10H2. The Morgan fingerprint density at radius 2 is 2.12 bits per heavy atom. The summed E-state index contributed by atoms with van der Waals surface area (Å²) >= 11 is 1.38. The molecule has 0 unspecified atom stereocenters. The molecule has 9 nitrogen and oxygen atoms in total. The van der Waals surface area contributed by atoms with Gasteiger partial charge in [0.15, 0.2) is 6.79 Å². The van der Waals surface area contributed by atoms with Crippen LogP contribution < -0.4 is 4.74 Å². The van der Waals surface area contributed by atoms with Crippen molar-refractivity contribution < 1.29 is 14.4 Å². The Bertz CT molecular complexity index is 947. The summed E-state index contributed by atoms with van der Waals surface area (Å²) in [6.45, 7) is 0.417. The van der Waals surface area contributed by atoms with E-state index in [1.807, 2.05) is 30.3 Å². The summed E-state index contributed by atoms with van der Waals surface area (Å²) < 4.78 is 12.4. The summed E-state index contributed by atoms with van der Waals surface area (Å²) in [6.07, 6.45) is 0. The topological polar surface area (TPSA) is 105 Å². The van der Waals surface area contributed by atoms with Crippen molar-refractivity contribution in [2.45, 2.75) is 17.5 Å². The van der Waals surface area contributed by atoms with Crippen LogP contribution in [0, 0.1) is 10.1 Å². The van der Waals surface area contributed by atoms with Gasteiger partial charge in [0.25, 0.3) is 5.69 Å². The Kier molecular flexibility index (Phi) is 4.50. The second-order valence-corrected chi connectivity index (χ2v) is 6.40. The van der Waals surface area contributed by atoms with Gasteiger partial charge in [0.2, 0.25) is 5.16 Å². The SMILES string of the molecule is O=[N+]([O-])c1cc2c(c(CSc3nnnn3-c3ccccc3)c1)OCOC2. The number of rotatable bonds is 5. The molecule has 132 valence electrons. The van der Waals surface area contributed by atoms with Gasteiger partial charge in [0.05, 0.1) is 17.2 Å².